The molecule has 4 nitrogen and oxygen atoms in total. The lowest BCUT2D eigenvalue weighted by Gasteiger charge is -2.06. The SMILES string of the molecule is [O]c1ccc([N+](=O)[O-])c(C(F)(F)F)c1. The molecule has 7 heteroatoms. The maximum absolute atomic E-state index is 12.1. The summed E-state index contributed by atoms with van der Waals surface area (Å²) in [7, 11) is 0. The van der Waals surface area contributed by atoms with Gasteiger partial charge in [-0.3, -0.25) is 15.2 Å². The van der Waals surface area contributed by atoms with Crippen LogP contribution in [0.25, 0.3) is 0 Å². The Morgan fingerprint density at radius 2 is 1.86 bits per heavy atom. The predicted molar refractivity (Wildman–Crippen MR) is 38.2 cm³/mol. The van der Waals surface area contributed by atoms with Crippen molar-refractivity contribution in [2.75, 3.05) is 0 Å². The highest BCUT2D eigenvalue weighted by Gasteiger charge is 2.38. The van der Waals surface area contributed by atoms with E-state index in [0.717, 1.165) is 0 Å². The Kier molecular flexibility index (Phi) is 2.33. The Balaban J connectivity index is 3.38. The Morgan fingerprint density at radius 3 is 2.29 bits per heavy atom. The normalized spacial score (nSPS) is 11.4. The first-order valence-corrected chi connectivity index (χ1v) is 3.35. The Morgan fingerprint density at radius 1 is 1.29 bits per heavy atom. The third-order valence-corrected chi connectivity index (χ3v) is 1.47. The fraction of sp³-hybridized carbons (Fsp3) is 0.143. The molecule has 0 saturated heterocycles. The average molecular weight is 206 g/mol. The number of hydrogen-bond donors (Lipinski definition) is 0. The number of hydrogen-bond acceptors (Lipinski definition) is 2. The van der Waals surface area contributed by atoms with Crippen LogP contribution in [0, 0.1) is 10.1 Å². The largest absolute Gasteiger partial charge is 0.423 e. The van der Waals surface area contributed by atoms with E-state index in [0.29, 0.717) is 12.1 Å². The molecule has 0 bridgehead atoms. The van der Waals surface area contributed by atoms with E-state index in [1.54, 1.807) is 0 Å². The van der Waals surface area contributed by atoms with E-state index < -0.39 is 28.1 Å². The number of nitro benzene ring substituents is 1. The Bertz CT molecular complexity index is 375. The van der Waals surface area contributed by atoms with Gasteiger partial charge in [0.05, 0.1) is 4.92 Å². The minimum atomic E-state index is -4.89. The summed E-state index contributed by atoms with van der Waals surface area (Å²) in [6.45, 7) is 0. The van der Waals surface area contributed by atoms with Crippen LogP contribution in [-0.4, -0.2) is 4.92 Å². The first-order chi connectivity index (χ1) is 6.32. The van der Waals surface area contributed by atoms with Gasteiger partial charge >= 0.3 is 6.18 Å². The number of benzene rings is 1. The highest BCUT2D eigenvalue weighted by Crippen LogP contribution is 2.37. The third kappa shape index (κ3) is 1.93. The number of halogens is 3. The maximum Gasteiger partial charge on any atom is 0.423 e. The van der Waals surface area contributed by atoms with Crippen molar-refractivity contribution in [2.45, 2.75) is 6.18 Å². The fourth-order valence-electron chi connectivity index (χ4n) is 0.901. The van der Waals surface area contributed by atoms with E-state index in [1.807, 2.05) is 0 Å². The summed E-state index contributed by atoms with van der Waals surface area (Å²) in [6.07, 6.45) is -4.89. The highest BCUT2D eigenvalue weighted by atomic mass is 19.4. The summed E-state index contributed by atoms with van der Waals surface area (Å²) in [5.74, 6) is -0.914. The second kappa shape index (κ2) is 3.17. The van der Waals surface area contributed by atoms with Gasteiger partial charge in [0.2, 0.25) is 0 Å². The summed E-state index contributed by atoms with van der Waals surface area (Å²) in [5.41, 5.74) is -2.63. The minimum absolute atomic E-state index is 0.206. The zero-order valence-electron chi connectivity index (χ0n) is 6.54. The lowest BCUT2D eigenvalue weighted by molar-refractivity contribution is -0.388. The molecule has 0 aliphatic heterocycles. The van der Waals surface area contributed by atoms with Gasteiger partial charge in [0.25, 0.3) is 5.69 Å². The van der Waals surface area contributed by atoms with E-state index in [4.69, 9.17) is 0 Å². The van der Waals surface area contributed by atoms with Gasteiger partial charge in [-0.05, 0) is 6.07 Å². The van der Waals surface area contributed by atoms with Crippen molar-refractivity contribution in [3.63, 3.8) is 0 Å². The monoisotopic (exact) mass is 206 g/mol. The van der Waals surface area contributed by atoms with Crippen molar-refractivity contribution in [3.05, 3.63) is 33.9 Å². The van der Waals surface area contributed by atoms with Gasteiger partial charge in [-0.25, -0.2) is 0 Å². The number of nitro groups is 1. The molecule has 0 spiro atoms. The van der Waals surface area contributed by atoms with Gasteiger partial charge in [-0.1, -0.05) is 0 Å². The fourth-order valence-corrected chi connectivity index (χ4v) is 0.901. The van der Waals surface area contributed by atoms with Gasteiger partial charge < -0.3 is 0 Å². The molecule has 0 aromatic heterocycles. The second-order valence-corrected chi connectivity index (χ2v) is 2.43. The number of nitrogens with zero attached hydrogens (tertiary/aromatic N) is 1. The molecule has 1 aromatic carbocycles. The van der Waals surface area contributed by atoms with E-state index in [9.17, 15) is 28.4 Å². The van der Waals surface area contributed by atoms with Crippen LogP contribution in [0.2, 0.25) is 0 Å². The van der Waals surface area contributed by atoms with E-state index >= 15 is 0 Å². The summed E-state index contributed by atoms with van der Waals surface area (Å²) < 4.78 is 36.4. The number of rotatable bonds is 1. The maximum atomic E-state index is 12.1. The predicted octanol–water partition coefficient (Wildman–Crippen LogP) is 2.76. The molecule has 1 rings (SSSR count). The zero-order chi connectivity index (χ0) is 10.9. The summed E-state index contributed by atoms with van der Waals surface area (Å²) in [5, 5.41) is 20.8. The molecule has 0 N–H and O–H groups in total. The first kappa shape index (κ1) is 10.3. The van der Waals surface area contributed by atoms with Crippen molar-refractivity contribution < 1.29 is 23.2 Å². The molecule has 0 fully saturated rings. The van der Waals surface area contributed by atoms with E-state index in [1.165, 1.54) is 0 Å². The van der Waals surface area contributed by atoms with Crippen LogP contribution in [0.3, 0.4) is 0 Å². The molecule has 0 saturated carbocycles. The zero-order valence-corrected chi connectivity index (χ0v) is 6.54. The molecule has 0 aliphatic carbocycles. The van der Waals surface area contributed by atoms with Gasteiger partial charge in [-0.2, -0.15) is 13.2 Å². The molecule has 0 atom stereocenters. The second-order valence-electron chi connectivity index (χ2n) is 2.43. The van der Waals surface area contributed by atoms with E-state index in [-0.39, 0.29) is 6.07 Å². The van der Waals surface area contributed by atoms with Gasteiger partial charge in [0, 0.05) is 12.1 Å². The first-order valence-electron chi connectivity index (χ1n) is 3.35. The average Bonchev–Trinajstić information content (AvgIpc) is 2.01. The quantitative estimate of drug-likeness (QED) is 0.523. The van der Waals surface area contributed by atoms with Crippen LogP contribution in [-0.2, 0) is 11.3 Å². The molecule has 0 heterocycles. The van der Waals surface area contributed by atoms with Crippen LogP contribution < -0.4 is 0 Å². The van der Waals surface area contributed by atoms with Crippen LogP contribution >= 0.6 is 0 Å². The van der Waals surface area contributed by atoms with Crippen molar-refractivity contribution in [2.24, 2.45) is 0 Å². The third-order valence-electron chi connectivity index (χ3n) is 1.47. The molecular formula is C7H3F3NO3. The van der Waals surface area contributed by atoms with Gasteiger partial charge in [-0.15, -0.1) is 0 Å². The van der Waals surface area contributed by atoms with Crippen LogP contribution in [0.15, 0.2) is 18.2 Å². The standard InChI is InChI=1S/C7H3F3NO3/c8-7(9,10)5-3-4(12)1-2-6(5)11(13)14/h1-3H. The topological polar surface area (TPSA) is 63.0 Å². The summed E-state index contributed by atoms with van der Waals surface area (Å²) in [4.78, 5) is 9.00. The molecule has 0 unspecified atom stereocenters. The smallest absolute Gasteiger partial charge is 0.290 e. The summed E-state index contributed by atoms with van der Waals surface area (Å²) in [6, 6.07) is 1.47. The molecule has 0 amide bonds. The van der Waals surface area contributed by atoms with Crippen LogP contribution in [0.1, 0.15) is 5.56 Å². The van der Waals surface area contributed by atoms with Gasteiger partial charge in [0.1, 0.15) is 5.56 Å². The number of alkyl halides is 3. The molecule has 1 radical (unpaired) electrons. The molecular weight excluding hydrogens is 203 g/mol. The lowest BCUT2D eigenvalue weighted by atomic mass is 10.1. The minimum Gasteiger partial charge on any atom is -0.290 e. The molecule has 75 valence electrons. The van der Waals surface area contributed by atoms with Gasteiger partial charge in [0.15, 0.2) is 5.75 Å². The Hall–Kier alpha value is -1.79. The van der Waals surface area contributed by atoms with Crippen molar-refractivity contribution in [1.29, 1.82) is 0 Å². The molecule has 0 aliphatic rings. The molecule has 14 heavy (non-hydrogen) atoms. The molecule has 1 aromatic rings. The highest BCUT2D eigenvalue weighted by molar-refractivity contribution is 5.46. The van der Waals surface area contributed by atoms with Crippen molar-refractivity contribution in [1.82, 2.24) is 0 Å². The Labute approximate surface area is 75.7 Å². The van der Waals surface area contributed by atoms with Crippen LogP contribution in [0.4, 0.5) is 18.9 Å². The lowest BCUT2D eigenvalue weighted by Crippen LogP contribution is -2.08. The van der Waals surface area contributed by atoms with Crippen LogP contribution in [0.5, 0.6) is 5.75 Å². The van der Waals surface area contributed by atoms with Crippen molar-refractivity contribution >= 4 is 5.69 Å². The van der Waals surface area contributed by atoms with Crippen molar-refractivity contribution in [3.8, 4) is 5.75 Å². The summed E-state index contributed by atoms with van der Waals surface area (Å²) >= 11 is 0. The van der Waals surface area contributed by atoms with E-state index in [2.05, 4.69) is 0 Å².